The minimum atomic E-state index is 0.468. The average molecular weight is 267 g/mol. The number of methoxy groups -OCH3 is 1. The van der Waals surface area contributed by atoms with E-state index < -0.39 is 0 Å². The Hall–Kier alpha value is -0.380. The maximum atomic E-state index is 5.09. The Balaban J connectivity index is 1.78. The van der Waals surface area contributed by atoms with Crippen LogP contribution in [0.2, 0.25) is 0 Å². The monoisotopic (exact) mass is 267 g/mol. The van der Waals surface area contributed by atoms with Crippen molar-refractivity contribution >= 4 is 11.3 Å². The van der Waals surface area contributed by atoms with Gasteiger partial charge in [0.1, 0.15) is 0 Å². The number of hydrogen-bond donors (Lipinski definition) is 1. The topological polar surface area (TPSA) is 21.3 Å². The second kappa shape index (κ2) is 6.69. The van der Waals surface area contributed by atoms with Crippen LogP contribution < -0.4 is 5.32 Å². The van der Waals surface area contributed by atoms with Gasteiger partial charge in [-0.1, -0.05) is 6.92 Å². The van der Waals surface area contributed by atoms with E-state index in [1.165, 1.54) is 31.2 Å². The molecular formula is C15H25NOS. The molecule has 0 amide bonds. The molecule has 0 aliphatic heterocycles. The summed E-state index contributed by atoms with van der Waals surface area (Å²) in [5.74, 6) is 0.936. The molecule has 1 heterocycles. The van der Waals surface area contributed by atoms with Gasteiger partial charge in [0.2, 0.25) is 0 Å². The van der Waals surface area contributed by atoms with Crippen molar-refractivity contribution in [3.8, 4) is 0 Å². The number of rotatable bonds is 9. The van der Waals surface area contributed by atoms with Crippen LogP contribution in [0, 0.1) is 11.3 Å². The summed E-state index contributed by atoms with van der Waals surface area (Å²) in [5.41, 5.74) is 1.97. The highest BCUT2D eigenvalue weighted by atomic mass is 32.1. The highest BCUT2D eigenvalue weighted by Gasteiger charge is 2.40. The van der Waals surface area contributed by atoms with Crippen molar-refractivity contribution in [1.82, 2.24) is 5.32 Å². The van der Waals surface area contributed by atoms with Gasteiger partial charge in [-0.25, -0.2) is 0 Å². The summed E-state index contributed by atoms with van der Waals surface area (Å²) in [4.78, 5) is 0. The molecule has 2 rings (SSSR count). The number of ether oxygens (including phenoxy) is 1. The van der Waals surface area contributed by atoms with Crippen molar-refractivity contribution in [3.05, 3.63) is 22.4 Å². The zero-order valence-electron chi connectivity index (χ0n) is 11.6. The van der Waals surface area contributed by atoms with Crippen molar-refractivity contribution in [2.45, 2.75) is 32.6 Å². The molecule has 0 bridgehead atoms. The number of thiophene rings is 1. The first-order chi connectivity index (χ1) is 8.74. The molecule has 1 aliphatic carbocycles. The minimum absolute atomic E-state index is 0.468. The highest BCUT2D eigenvalue weighted by molar-refractivity contribution is 7.07. The SMILES string of the molecule is COCCNCC(C)(CCc1ccsc1)C1CC1. The third kappa shape index (κ3) is 4.08. The fraction of sp³-hybridized carbons (Fsp3) is 0.733. The lowest BCUT2D eigenvalue weighted by molar-refractivity contribution is 0.184. The zero-order chi connectivity index (χ0) is 12.8. The lowest BCUT2D eigenvalue weighted by atomic mass is 9.79. The molecule has 0 aromatic carbocycles. The number of hydrogen-bond acceptors (Lipinski definition) is 3. The predicted octanol–water partition coefficient (Wildman–Crippen LogP) is 3.33. The normalized spacial score (nSPS) is 18.8. The number of aryl methyl sites for hydroxylation is 1. The van der Waals surface area contributed by atoms with Gasteiger partial charge in [-0.05, 0) is 59.4 Å². The van der Waals surface area contributed by atoms with E-state index in [4.69, 9.17) is 4.74 Å². The molecule has 1 fully saturated rings. The summed E-state index contributed by atoms with van der Waals surface area (Å²) in [5, 5.41) is 8.02. The van der Waals surface area contributed by atoms with Crippen LogP contribution in [0.5, 0.6) is 0 Å². The molecular weight excluding hydrogens is 242 g/mol. The first-order valence-corrected chi connectivity index (χ1v) is 7.89. The summed E-state index contributed by atoms with van der Waals surface area (Å²) in [6, 6.07) is 2.26. The first kappa shape index (κ1) is 14.0. The number of nitrogens with one attached hydrogen (secondary N) is 1. The van der Waals surface area contributed by atoms with Crippen LogP contribution in [-0.4, -0.2) is 26.8 Å². The fourth-order valence-corrected chi connectivity index (χ4v) is 3.33. The van der Waals surface area contributed by atoms with Gasteiger partial charge in [-0.3, -0.25) is 0 Å². The quantitative estimate of drug-likeness (QED) is 0.693. The molecule has 2 nitrogen and oxygen atoms in total. The summed E-state index contributed by atoms with van der Waals surface area (Å²) in [6.07, 6.45) is 5.37. The van der Waals surface area contributed by atoms with Crippen LogP contribution in [0.4, 0.5) is 0 Å². The van der Waals surface area contributed by atoms with E-state index in [1.807, 2.05) is 0 Å². The molecule has 3 heteroatoms. The highest BCUT2D eigenvalue weighted by Crippen LogP contribution is 2.47. The smallest absolute Gasteiger partial charge is 0.0587 e. The van der Waals surface area contributed by atoms with Gasteiger partial charge in [0.15, 0.2) is 0 Å². The van der Waals surface area contributed by atoms with Gasteiger partial charge in [0, 0.05) is 20.2 Å². The first-order valence-electron chi connectivity index (χ1n) is 6.95. The van der Waals surface area contributed by atoms with Gasteiger partial charge in [0.25, 0.3) is 0 Å². The van der Waals surface area contributed by atoms with E-state index >= 15 is 0 Å². The fourth-order valence-electron chi connectivity index (χ4n) is 2.63. The predicted molar refractivity (Wildman–Crippen MR) is 78.2 cm³/mol. The van der Waals surface area contributed by atoms with Gasteiger partial charge < -0.3 is 10.1 Å². The maximum Gasteiger partial charge on any atom is 0.0587 e. The van der Waals surface area contributed by atoms with E-state index in [9.17, 15) is 0 Å². The second-order valence-corrected chi connectivity index (χ2v) is 6.51. The Morgan fingerprint density at radius 1 is 1.50 bits per heavy atom. The average Bonchev–Trinajstić information content (AvgIpc) is 3.11. The lowest BCUT2D eigenvalue weighted by Crippen LogP contribution is -2.35. The maximum absolute atomic E-state index is 5.09. The van der Waals surface area contributed by atoms with E-state index in [0.717, 1.165) is 25.6 Å². The molecule has 0 saturated heterocycles. The minimum Gasteiger partial charge on any atom is -0.383 e. The van der Waals surface area contributed by atoms with E-state index in [-0.39, 0.29) is 0 Å². The molecule has 1 saturated carbocycles. The largest absolute Gasteiger partial charge is 0.383 e. The third-order valence-electron chi connectivity index (χ3n) is 4.14. The molecule has 18 heavy (non-hydrogen) atoms. The Kier molecular flexibility index (Phi) is 5.22. The van der Waals surface area contributed by atoms with Crippen molar-refractivity contribution < 1.29 is 4.74 Å². The molecule has 0 spiro atoms. The zero-order valence-corrected chi connectivity index (χ0v) is 12.4. The van der Waals surface area contributed by atoms with Gasteiger partial charge >= 0.3 is 0 Å². The van der Waals surface area contributed by atoms with E-state index in [2.05, 4.69) is 29.1 Å². The van der Waals surface area contributed by atoms with Crippen molar-refractivity contribution in [3.63, 3.8) is 0 Å². The Morgan fingerprint density at radius 3 is 2.94 bits per heavy atom. The molecule has 1 N–H and O–H groups in total. The molecule has 1 aliphatic rings. The third-order valence-corrected chi connectivity index (χ3v) is 4.87. The second-order valence-electron chi connectivity index (χ2n) is 5.73. The molecule has 1 aromatic heterocycles. The molecule has 1 aromatic rings. The van der Waals surface area contributed by atoms with Crippen LogP contribution in [0.3, 0.4) is 0 Å². The summed E-state index contributed by atoms with van der Waals surface area (Å²) < 4.78 is 5.09. The molecule has 102 valence electrons. The van der Waals surface area contributed by atoms with Crippen molar-refractivity contribution in [1.29, 1.82) is 0 Å². The molecule has 1 atom stereocenters. The Bertz CT molecular complexity index is 334. The van der Waals surface area contributed by atoms with Crippen LogP contribution in [-0.2, 0) is 11.2 Å². The van der Waals surface area contributed by atoms with Crippen molar-refractivity contribution in [2.24, 2.45) is 11.3 Å². The van der Waals surface area contributed by atoms with Crippen LogP contribution in [0.1, 0.15) is 31.7 Å². The van der Waals surface area contributed by atoms with Gasteiger partial charge in [-0.2, -0.15) is 11.3 Å². The summed E-state index contributed by atoms with van der Waals surface area (Å²) in [6.45, 7) is 5.37. The van der Waals surface area contributed by atoms with E-state index in [1.54, 1.807) is 18.4 Å². The van der Waals surface area contributed by atoms with Crippen LogP contribution in [0.25, 0.3) is 0 Å². The van der Waals surface area contributed by atoms with Gasteiger partial charge in [-0.15, -0.1) is 0 Å². The molecule has 1 unspecified atom stereocenters. The van der Waals surface area contributed by atoms with Crippen molar-refractivity contribution in [2.75, 3.05) is 26.8 Å². The standard InChI is InChI=1S/C15H25NOS/c1-15(14-3-4-14,12-16-8-9-17-2)7-5-13-6-10-18-11-13/h6,10-11,14,16H,3-5,7-9,12H2,1-2H3. The van der Waals surface area contributed by atoms with Crippen LogP contribution >= 0.6 is 11.3 Å². The van der Waals surface area contributed by atoms with Gasteiger partial charge in [0.05, 0.1) is 6.61 Å². The van der Waals surface area contributed by atoms with Crippen LogP contribution in [0.15, 0.2) is 16.8 Å². The Morgan fingerprint density at radius 2 is 2.33 bits per heavy atom. The summed E-state index contributed by atoms with van der Waals surface area (Å²) >= 11 is 1.81. The molecule has 0 radical (unpaired) electrons. The van der Waals surface area contributed by atoms with E-state index in [0.29, 0.717) is 5.41 Å². The Labute approximate surface area is 115 Å². The lowest BCUT2D eigenvalue weighted by Gasteiger charge is -2.30. The summed E-state index contributed by atoms with van der Waals surface area (Å²) in [7, 11) is 1.76.